The number of anilines is 2. The first kappa shape index (κ1) is 20.0. The third-order valence-electron chi connectivity index (χ3n) is 3.75. The van der Waals surface area contributed by atoms with Gasteiger partial charge in [-0.1, -0.05) is 29.8 Å². The second-order valence-electron chi connectivity index (χ2n) is 5.84. The number of nitrogens with one attached hydrogen (secondary N) is 2. The van der Waals surface area contributed by atoms with Gasteiger partial charge in [0.25, 0.3) is 0 Å². The van der Waals surface area contributed by atoms with Crippen molar-refractivity contribution in [3.05, 3.63) is 68.2 Å². The van der Waals surface area contributed by atoms with Crippen LogP contribution in [-0.2, 0) is 4.74 Å². The smallest absolute Gasteiger partial charge is 0.348 e. The van der Waals surface area contributed by atoms with Gasteiger partial charge in [-0.3, -0.25) is 15.2 Å². The standard InChI is InChI=1S/C18H15ClN6O4/c1-10-9-14(24-23-10)22-17-15(25(27)28)16(19)20-13(21-17)8-5-11-3-6-12(7-4-11)18(26)29-2/h3-9H,1-2H3,(H2,20,21,22,23,24)/b8-5+. The fraction of sp³-hybridized carbons (Fsp3) is 0.111. The minimum atomic E-state index is -0.663. The molecule has 0 aliphatic heterocycles. The van der Waals surface area contributed by atoms with Crippen molar-refractivity contribution in [2.24, 2.45) is 0 Å². The van der Waals surface area contributed by atoms with Gasteiger partial charge in [0.1, 0.15) is 0 Å². The number of rotatable bonds is 6. The van der Waals surface area contributed by atoms with Gasteiger partial charge in [-0.2, -0.15) is 5.10 Å². The van der Waals surface area contributed by atoms with E-state index in [0.717, 1.165) is 11.3 Å². The van der Waals surface area contributed by atoms with Crippen molar-refractivity contribution in [3.63, 3.8) is 0 Å². The zero-order valence-electron chi connectivity index (χ0n) is 15.3. The molecule has 3 rings (SSSR count). The van der Waals surface area contributed by atoms with E-state index in [9.17, 15) is 14.9 Å². The van der Waals surface area contributed by atoms with Crippen LogP contribution in [0, 0.1) is 17.0 Å². The Morgan fingerprint density at radius 1 is 1.28 bits per heavy atom. The molecule has 0 saturated carbocycles. The van der Waals surface area contributed by atoms with Crippen LogP contribution >= 0.6 is 11.6 Å². The summed E-state index contributed by atoms with van der Waals surface area (Å²) in [4.78, 5) is 30.3. The lowest BCUT2D eigenvalue weighted by Crippen LogP contribution is -2.04. The maximum Gasteiger partial charge on any atom is 0.348 e. The molecule has 0 spiro atoms. The fourth-order valence-corrected chi connectivity index (χ4v) is 2.63. The molecular weight excluding hydrogens is 400 g/mol. The normalized spacial score (nSPS) is 10.9. The molecule has 148 valence electrons. The quantitative estimate of drug-likeness (QED) is 0.269. The summed E-state index contributed by atoms with van der Waals surface area (Å²) < 4.78 is 4.65. The highest BCUT2D eigenvalue weighted by molar-refractivity contribution is 6.32. The van der Waals surface area contributed by atoms with Gasteiger partial charge >= 0.3 is 11.7 Å². The number of aryl methyl sites for hydroxylation is 1. The summed E-state index contributed by atoms with van der Waals surface area (Å²) in [5.74, 6) is -0.00128. The molecule has 1 aromatic carbocycles. The molecule has 0 saturated heterocycles. The number of hydrogen-bond acceptors (Lipinski definition) is 8. The Balaban J connectivity index is 1.90. The molecule has 2 heterocycles. The minimum absolute atomic E-state index is 0.0813. The van der Waals surface area contributed by atoms with Crippen molar-refractivity contribution in [2.45, 2.75) is 6.92 Å². The molecule has 0 bridgehead atoms. The van der Waals surface area contributed by atoms with E-state index < -0.39 is 16.6 Å². The molecule has 0 radical (unpaired) electrons. The maximum absolute atomic E-state index is 11.5. The average Bonchev–Trinajstić information content (AvgIpc) is 3.10. The van der Waals surface area contributed by atoms with Gasteiger partial charge in [-0.05, 0) is 30.7 Å². The van der Waals surface area contributed by atoms with E-state index in [1.807, 2.05) is 0 Å². The SMILES string of the molecule is COC(=O)c1ccc(/C=C/c2nc(Cl)c([N+](=O)[O-])c(Nc3cc(C)[nH]n3)n2)cc1. The highest BCUT2D eigenvalue weighted by Gasteiger charge is 2.24. The van der Waals surface area contributed by atoms with E-state index in [4.69, 9.17) is 11.6 Å². The number of aromatic amines is 1. The van der Waals surface area contributed by atoms with E-state index in [1.165, 1.54) is 7.11 Å². The maximum atomic E-state index is 11.5. The van der Waals surface area contributed by atoms with Crippen LogP contribution in [0.1, 0.15) is 27.4 Å². The van der Waals surface area contributed by atoms with Crippen LogP contribution in [0.25, 0.3) is 12.2 Å². The van der Waals surface area contributed by atoms with Crippen LogP contribution in [0.3, 0.4) is 0 Å². The Labute approximate surface area is 169 Å². The van der Waals surface area contributed by atoms with Crippen molar-refractivity contribution >= 4 is 47.0 Å². The van der Waals surface area contributed by atoms with Gasteiger partial charge in [-0.25, -0.2) is 14.8 Å². The number of carbonyl (C=O) groups excluding carboxylic acids is 1. The molecule has 0 aliphatic carbocycles. The molecule has 3 aromatic rings. The molecule has 11 heteroatoms. The first-order valence-corrected chi connectivity index (χ1v) is 8.62. The van der Waals surface area contributed by atoms with Crippen LogP contribution in [0.15, 0.2) is 30.3 Å². The molecule has 0 fully saturated rings. The number of H-pyrrole nitrogens is 1. The third-order valence-corrected chi connectivity index (χ3v) is 4.01. The lowest BCUT2D eigenvalue weighted by molar-refractivity contribution is -0.384. The highest BCUT2D eigenvalue weighted by atomic mass is 35.5. The van der Waals surface area contributed by atoms with Crippen LogP contribution in [0.2, 0.25) is 5.15 Å². The van der Waals surface area contributed by atoms with Crippen LogP contribution in [0.5, 0.6) is 0 Å². The van der Waals surface area contributed by atoms with Gasteiger partial charge in [-0.15, -0.1) is 0 Å². The van der Waals surface area contributed by atoms with E-state index >= 15 is 0 Å². The molecule has 0 atom stereocenters. The molecular formula is C18H15ClN6O4. The van der Waals surface area contributed by atoms with E-state index in [-0.39, 0.29) is 16.8 Å². The second-order valence-corrected chi connectivity index (χ2v) is 6.19. The molecule has 10 nitrogen and oxygen atoms in total. The fourth-order valence-electron chi connectivity index (χ4n) is 2.39. The van der Waals surface area contributed by atoms with Gasteiger partial charge in [0.15, 0.2) is 11.6 Å². The number of ether oxygens (including phenoxy) is 1. The summed E-state index contributed by atoms with van der Waals surface area (Å²) in [6.45, 7) is 1.79. The summed E-state index contributed by atoms with van der Waals surface area (Å²) in [7, 11) is 1.31. The predicted octanol–water partition coefficient (Wildman–Crippen LogP) is 3.77. The number of halogens is 1. The van der Waals surface area contributed by atoms with Gasteiger partial charge in [0.05, 0.1) is 17.6 Å². The average molecular weight is 415 g/mol. The van der Waals surface area contributed by atoms with Crippen LogP contribution in [-0.4, -0.2) is 38.2 Å². The first-order valence-electron chi connectivity index (χ1n) is 8.25. The largest absolute Gasteiger partial charge is 0.465 e. The van der Waals surface area contributed by atoms with E-state index in [1.54, 1.807) is 49.4 Å². The zero-order valence-corrected chi connectivity index (χ0v) is 16.1. The Bertz CT molecular complexity index is 1090. The molecule has 0 amide bonds. The Kier molecular flexibility index (Phi) is 5.84. The third kappa shape index (κ3) is 4.74. The van der Waals surface area contributed by atoms with Gasteiger partial charge in [0.2, 0.25) is 11.0 Å². The summed E-state index contributed by atoms with van der Waals surface area (Å²) in [6, 6.07) is 8.31. The van der Waals surface area contributed by atoms with Crippen LogP contribution < -0.4 is 5.32 Å². The number of methoxy groups -OCH3 is 1. The lowest BCUT2D eigenvalue weighted by Gasteiger charge is -2.05. The summed E-state index contributed by atoms with van der Waals surface area (Å²) in [5.41, 5.74) is 1.49. The summed E-state index contributed by atoms with van der Waals surface area (Å²) in [6.07, 6.45) is 3.23. The number of benzene rings is 1. The van der Waals surface area contributed by atoms with Gasteiger partial charge in [0, 0.05) is 11.8 Å². The number of aromatic nitrogens is 4. The highest BCUT2D eigenvalue weighted by Crippen LogP contribution is 2.31. The molecule has 2 aromatic heterocycles. The Morgan fingerprint density at radius 3 is 2.59 bits per heavy atom. The number of carbonyl (C=O) groups is 1. The molecule has 2 N–H and O–H groups in total. The topological polar surface area (TPSA) is 136 Å². The number of nitro groups is 1. The summed E-state index contributed by atoms with van der Waals surface area (Å²) in [5, 5.41) is 20.5. The monoisotopic (exact) mass is 414 g/mol. The number of esters is 1. The summed E-state index contributed by atoms with van der Waals surface area (Å²) >= 11 is 6.01. The molecule has 0 unspecified atom stereocenters. The van der Waals surface area contributed by atoms with Crippen molar-refractivity contribution in [2.75, 3.05) is 12.4 Å². The number of hydrogen-bond donors (Lipinski definition) is 2. The number of nitrogens with zero attached hydrogens (tertiary/aromatic N) is 4. The Hall–Kier alpha value is -3.79. The van der Waals surface area contributed by atoms with Crippen molar-refractivity contribution in [1.29, 1.82) is 0 Å². The van der Waals surface area contributed by atoms with E-state index in [2.05, 4.69) is 30.2 Å². The van der Waals surface area contributed by atoms with Crippen molar-refractivity contribution < 1.29 is 14.5 Å². The van der Waals surface area contributed by atoms with Crippen molar-refractivity contribution in [3.8, 4) is 0 Å². The second kappa shape index (κ2) is 8.48. The first-order chi connectivity index (χ1) is 13.9. The van der Waals surface area contributed by atoms with E-state index in [0.29, 0.717) is 11.4 Å². The van der Waals surface area contributed by atoms with Crippen LogP contribution in [0.4, 0.5) is 17.3 Å². The predicted molar refractivity (Wildman–Crippen MR) is 107 cm³/mol. The zero-order chi connectivity index (χ0) is 21.0. The van der Waals surface area contributed by atoms with Crippen molar-refractivity contribution in [1.82, 2.24) is 20.2 Å². The lowest BCUT2D eigenvalue weighted by atomic mass is 10.1. The molecule has 29 heavy (non-hydrogen) atoms. The minimum Gasteiger partial charge on any atom is -0.465 e. The molecule has 0 aliphatic rings. The Morgan fingerprint density at radius 2 is 2.00 bits per heavy atom. The van der Waals surface area contributed by atoms with Gasteiger partial charge < -0.3 is 10.1 Å².